The Kier molecular flexibility index (Phi) is 12.5. The highest BCUT2D eigenvalue weighted by atomic mass is 16.8. The molecule has 22 atom stereocenters. The van der Waals surface area contributed by atoms with E-state index in [1.165, 1.54) is 12.5 Å². The molecule has 3 saturated heterocycles. The highest BCUT2D eigenvalue weighted by molar-refractivity contribution is 5.76. The van der Waals surface area contributed by atoms with E-state index in [0.29, 0.717) is 24.7 Å². The van der Waals surface area contributed by atoms with Crippen LogP contribution in [0.2, 0.25) is 0 Å². The Bertz CT molecular complexity index is 1640. The molecule has 0 aromatic heterocycles. The minimum absolute atomic E-state index is 0.0350. The fourth-order valence-electron chi connectivity index (χ4n) is 14.3. The third kappa shape index (κ3) is 7.38. The fourth-order valence-corrected chi connectivity index (χ4v) is 14.3. The summed E-state index contributed by atoms with van der Waals surface area (Å²) in [6, 6.07) is 0. The molecule has 0 bridgehead atoms. The summed E-state index contributed by atoms with van der Waals surface area (Å²) in [6.07, 6.45) is -8.53. The summed E-state index contributed by atoms with van der Waals surface area (Å²) in [5.74, 6) is 0.0471. The number of fused-ring (bicyclic) bond motifs is 7. The van der Waals surface area contributed by atoms with E-state index in [1.807, 2.05) is 0 Å². The maximum absolute atomic E-state index is 13.0. The van der Waals surface area contributed by atoms with Gasteiger partial charge in [-0.1, -0.05) is 46.3 Å². The first-order valence-electron chi connectivity index (χ1n) is 22.8. The Hall–Kier alpha value is -1.35. The summed E-state index contributed by atoms with van der Waals surface area (Å²) in [5.41, 5.74) is -0.191. The van der Waals surface area contributed by atoms with Gasteiger partial charge in [-0.3, -0.25) is 4.79 Å². The van der Waals surface area contributed by atoms with Gasteiger partial charge >= 0.3 is 5.97 Å². The topological polar surface area (TPSA) is 255 Å². The third-order valence-corrected chi connectivity index (χ3v) is 17.9. The molecule has 0 radical (unpaired) electrons. The van der Waals surface area contributed by atoms with Crippen LogP contribution >= 0.6 is 0 Å². The van der Waals surface area contributed by atoms with Crippen LogP contribution in [0.3, 0.4) is 0 Å². The lowest BCUT2D eigenvalue weighted by atomic mass is 9.37. The number of hydrogen-bond donors (Lipinski definition) is 9. The van der Waals surface area contributed by atoms with Gasteiger partial charge in [-0.05, 0) is 111 Å². The van der Waals surface area contributed by atoms with E-state index in [2.05, 4.69) is 40.7 Å². The first-order valence-corrected chi connectivity index (χ1v) is 22.8. The predicted octanol–water partition coefficient (Wildman–Crippen LogP) is 1.59. The number of carboxylic acids is 1. The fraction of sp³-hybridized carbons (Fsp3) is 0.933. The predicted molar refractivity (Wildman–Crippen MR) is 214 cm³/mol. The summed E-state index contributed by atoms with van der Waals surface area (Å²) >= 11 is 0. The van der Waals surface area contributed by atoms with Crippen LogP contribution in [-0.4, -0.2) is 158 Å². The van der Waals surface area contributed by atoms with Crippen molar-refractivity contribution in [1.29, 1.82) is 0 Å². The van der Waals surface area contributed by atoms with Crippen molar-refractivity contribution in [1.82, 2.24) is 0 Å². The molecule has 4 saturated carbocycles. The minimum atomic E-state index is -1.73. The van der Waals surface area contributed by atoms with Crippen LogP contribution in [0.25, 0.3) is 0 Å². The maximum Gasteiger partial charge on any atom is 0.310 e. The van der Waals surface area contributed by atoms with Crippen LogP contribution < -0.4 is 0 Å². The number of allylic oxidation sites excluding steroid dienone is 2. The van der Waals surface area contributed by atoms with E-state index >= 15 is 0 Å². The Morgan fingerprint density at radius 3 is 2.08 bits per heavy atom. The first-order chi connectivity index (χ1) is 28.7. The van der Waals surface area contributed by atoms with Gasteiger partial charge in [0.15, 0.2) is 18.9 Å². The first kappa shape index (κ1) is 46.2. The molecule has 0 amide bonds. The van der Waals surface area contributed by atoms with Crippen LogP contribution in [0.15, 0.2) is 11.6 Å². The van der Waals surface area contributed by atoms with Gasteiger partial charge in [0.25, 0.3) is 0 Å². The zero-order valence-corrected chi connectivity index (χ0v) is 36.5. The zero-order chi connectivity index (χ0) is 44.2. The summed E-state index contributed by atoms with van der Waals surface area (Å²) in [6.45, 7) is 11.9. The largest absolute Gasteiger partial charge is 0.481 e. The molecular formula is C45H72O16. The van der Waals surface area contributed by atoms with Gasteiger partial charge in [0, 0.05) is 5.41 Å². The van der Waals surface area contributed by atoms with Crippen molar-refractivity contribution in [2.45, 2.75) is 192 Å². The van der Waals surface area contributed by atoms with Crippen molar-refractivity contribution in [3.8, 4) is 0 Å². The molecule has 8 rings (SSSR count). The van der Waals surface area contributed by atoms with Gasteiger partial charge in [-0.15, -0.1) is 0 Å². The Labute approximate surface area is 358 Å². The normalized spacial score (nSPS) is 54.4. The Morgan fingerprint density at radius 1 is 0.721 bits per heavy atom. The van der Waals surface area contributed by atoms with Crippen molar-refractivity contribution in [2.75, 3.05) is 19.8 Å². The Balaban J connectivity index is 1.00. The van der Waals surface area contributed by atoms with Crippen LogP contribution in [0.4, 0.5) is 0 Å². The lowest BCUT2D eigenvalue weighted by Crippen LogP contribution is -2.65. The lowest BCUT2D eigenvalue weighted by Gasteiger charge is -2.68. The number of carbonyl (C=O) groups is 1. The van der Waals surface area contributed by atoms with E-state index in [0.717, 1.165) is 51.4 Å². The van der Waals surface area contributed by atoms with E-state index in [1.54, 1.807) is 0 Å². The average molecular weight is 869 g/mol. The molecule has 3 heterocycles. The third-order valence-electron chi connectivity index (χ3n) is 17.9. The number of hydrogen-bond acceptors (Lipinski definition) is 15. The highest BCUT2D eigenvalue weighted by Gasteiger charge is 2.67. The molecule has 8 aliphatic rings. The van der Waals surface area contributed by atoms with Crippen LogP contribution in [0, 0.1) is 50.7 Å². The summed E-state index contributed by atoms with van der Waals surface area (Å²) < 4.78 is 36.0. The molecular weight excluding hydrogens is 796 g/mol. The molecule has 16 nitrogen and oxygen atoms in total. The van der Waals surface area contributed by atoms with Crippen LogP contribution in [0.1, 0.15) is 106 Å². The van der Waals surface area contributed by atoms with Crippen molar-refractivity contribution in [3.63, 3.8) is 0 Å². The molecule has 3 aliphatic heterocycles. The standard InChI is InChI=1S/C45H72O16/c1-21-30(49)35(60-37-33(52)32(51)26(18-46)58-37)34(53)38(57-21)61-36-31(50)25(48)19-56-39(36)59-29-11-13-43(5)27-8-7-22-23(42(27,4)12-10-28(43)44(29,6)20-47)9-14-45(40(54)55)16-15-41(2,3)17-24(22)45/h7,21,23-39,46-53H,8-20H2,1-6H3,(H,54,55). The van der Waals surface area contributed by atoms with E-state index in [4.69, 9.17) is 28.4 Å². The maximum atomic E-state index is 13.0. The minimum Gasteiger partial charge on any atom is -0.481 e. The van der Waals surface area contributed by atoms with Crippen LogP contribution in [-0.2, 0) is 33.2 Å². The molecule has 5 aliphatic carbocycles. The second kappa shape index (κ2) is 16.5. The zero-order valence-electron chi connectivity index (χ0n) is 36.5. The number of aliphatic hydroxyl groups excluding tert-OH is 8. The Morgan fingerprint density at radius 2 is 1.41 bits per heavy atom. The van der Waals surface area contributed by atoms with Crippen molar-refractivity contribution >= 4 is 5.97 Å². The van der Waals surface area contributed by atoms with Crippen molar-refractivity contribution in [3.05, 3.63) is 11.6 Å². The molecule has 0 aromatic rings. The molecule has 22 unspecified atom stereocenters. The molecule has 7 fully saturated rings. The number of ether oxygens (including phenoxy) is 6. The summed E-state index contributed by atoms with van der Waals surface area (Å²) in [5, 5.41) is 96.8. The molecule has 0 spiro atoms. The van der Waals surface area contributed by atoms with E-state index in [9.17, 15) is 50.8 Å². The second-order valence-electron chi connectivity index (χ2n) is 21.8. The van der Waals surface area contributed by atoms with E-state index in [-0.39, 0.29) is 41.3 Å². The van der Waals surface area contributed by atoms with Crippen molar-refractivity contribution < 1.29 is 79.2 Å². The molecule has 0 aromatic carbocycles. The van der Waals surface area contributed by atoms with Gasteiger partial charge in [0.1, 0.15) is 54.9 Å². The summed E-state index contributed by atoms with van der Waals surface area (Å²) in [7, 11) is 0. The molecule has 16 heteroatoms. The van der Waals surface area contributed by atoms with Gasteiger partial charge in [-0.25, -0.2) is 0 Å². The number of carboxylic acid groups (broad SMARTS) is 1. The second-order valence-corrected chi connectivity index (χ2v) is 21.8. The van der Waals surface area contributed by atoms with Crippen molar-refractivity contribution in [2.24, 2.45) is 50.7 Å². The van der Waals surface area contributed by atoms with Gasteiger partial charge in [-0.2, -0.15) is 0 Å². The van der Waals surface area contributed by atoms with Gasteiger partial charge < -0.3 is 74.4 Å². The van der Waals surface area contributed by atoms with E-state index < -0.39 is 109 Å². The van der Waals surface area contributed by atoms with Gasteiger partial charge in [0.2, 0.25) is 0 Å². The molecule has 61 heavy (non-hydrogen) atoms. The molecule has 348 valence electrons. The van der Waals surface area contributed by atoms with Crippen LogP contribution in [0.5, 0.6) is 0 Å². The molecule has 9 N–H and O–H groups in total. The number of aliphatic carboxylic acids is 1. The number of rotatable bonds is 9. The quantitative estimate of drug-likeness (QED) is 0.118. The SMILES string of the molecule is CC1OC(OC2C(OC3CCC4(C)C(CCC5(C)C6CCC7(C(=O)O)CCC(C)(C)CC7C6=CCC54)C3(C)CO)OCC(O)C2O)C(O)C(OC2OC(CO)C(O)C2O)C1O. The highest BCUT2D eigenvalue weighted by Crippen LogP contribution is 2.72. The smallest absolute Gasteiger partial charge is 0.310 e. The average Bonchev–Trinajstić information content (AvgIpc) is 3.49. The summed E-state index contributed by atoms with van der Waals surface area (Å²) in [4.78, 5) is 13.0. The monoisotopic (exact) mass is 868 g/mol. The van der Waals surface area contributed by atoms with Gasteiger partial charge in [0.05, 0.1) is 37.4 Å². The number of aliphatic hydroxyl groups is 8. The lowest BCUT2D eigenvalue weighted by molar-refractivity contribution is -0.373.